The molecule has 0 aliphatic rings. The van der Waals surface area contributed by atoms with Crippen LogP contribution in [0.25, 0.3) is 0 Å². The largest absolute Gasteiger partial charge is 0.481 e. The van der Waals surface area contributed by atoms with Crippen molar-refractivity contribution in [3.63, 3.8) is 0 Å². The first kappa shape index (κ1) is 13.9. The molecule has 0 unspecified atom stereocenters. The number of ether oxygens (including phenoxy) is 1. The fraction of sp³-hybridized carbons (Fsp3) is 0.600. The van der Waals surface area contributed by atoms with Gasteiger partial charge in [-0.2, -0.15) is 0 Å². The predicted octanol–water partition coefficient (Wildman–Crippen LogP) is 1.61. The lowest BCUT2D eigenvalue weighted by molar-refractivity contribution is -0.386. The van der Waals surface area contributed by atoms with Crippen LogP contribution in [0.5, 0.6) is 5.88 Å². The number of aliphatic carboxylic acids is 1. The van der Waals surface area contributed by atoms with Crippen molar-refractivity contribution >= 4 is 11.7 Å². The van der Waals surface area contributed by atoms with Crippen LogP contribution >= 0.6 is 0 Å². The highest BCUT2D eigenvalue weighted by atomic mass is 16.6. The molecule has 0 aromatic carbocycles. The summed E-state index contributed by atoms with van der Waals surface area (Å²) in [5.41, 5.74) is -0.263. The number of carboxylic acid groups (broad SMARTS) is 1. The predicted molar refractivity (Wildman–Crippen MR) is 61.6 cm³/mol. The van der Waals surface area contributed by atoms with Crippen LogP contribution in [0.1, 0.15) is 33.2 Å². The molecule has 8 heteroatoms. The highest BCUT2D eigenvalue weighted by Gasteiger charge is 2.24. The number of aromatic nitrogens is 2. The Morgan fingerprint density at radius 1 is 1.61 bits per heavy atom. The molecule has 1 rings (SSSR count). The van der Waals surface area contributed by atoms with Crippen molar-refractivity contribution in [2.45, 2.75) is 39.3 Å². The number of rotatable bonds is 6. The first-order valence-electron chi connectivity index (χ1n) is 5.43. The number of carbonyl (C=O) groups is 1. The number of hydrogen-bond donors (Lipinski definition) is 1. The third kappa shape index (κ3) is 3.44. The molecule has 8 nitrogen and oxygen atoms in total. The zero-order valence-corrected chi connectivity index (χ0v) is 10.4. The Bertz CT molecular complexity index is 454. The lowest BCUT2D eigenvalue weighted by Gasteiger charge is -2.08. The second-order valence-electron chi connectivity index (χ2n) is 4.17. The van der Waals surface area contributed by atoms with Gasteiger partial charge in [-0.3, -0.25) is 19.6 Å². The molecule has 0 amide bonds. The molecule has 0 aliphatic carbocycles. The summed E-state index contributed by atoms with van der Waals surface area (Å²) in [7, 11) is 0. The summed E-state index contributed by atoms with van der Waals surface area (Å²) in [6, 6.07) is -0.481. The third-order valence-corrected chi connectivity index (χ3v) is 2.15. The monoisotopic (exact) mass is 257 g/mol. The number of nitrogens with zero attached hydrogens (tertiary/aromatic N) is 3. The summed E-state index contributed by atoms with van der Waals surface area (Å²) in [6.07, 6.45) is 0.771. The first-order chi connectivity index (χ1) is 8.31. The van der Waals surface area contributed by atoms with E-state index in [2.05, 4.69) is 5.10 Å². The molecule has 0 fully saturated rings. The van der Waals surface area contributed by atoms with Gasteiger partial charge in [0.1, 0.15) is 6.20 Å². The standard InChI is InChI=1S/C10H15N3O5/c1-6(2)18-10-8(13(16)17)5-12(11-10)7(3)4-9(14)15/h5-7H,4H2,1-3H3,(H,14,15)/t7-/m0/s1. The van der Waals surface area contributed by atoms with Crippen LogP contribution in [-0.4, -0.2) is 31.9 Å². The van der Waals surface area contributed by atoms with Crippen molar-refractivity contribution in [3.05, 3.63) is 16.3 Å². The van der Waals surface area contributed by atoms with Crippen molar-refractivity contribution < 1.29 is 19.6 Å². The maximum atomic E-state index is 10.8. The van der Waals surface area contributed by atoms with Crippen LogP contribution in [0.2, 0.25) is 0 Å². The van der Waals surface area contributed by atoms with Crippen molar-refractivity contribution in [1.82, 2.24) is 9.78 Å². The van der Waals surface area contributed by atoms with Crippen molar-refractivity contribution in [2.24, 2.45) is 0 Å². The normalized spacial score (nSPS) is 12.4. The summed E-state index contributed by atoms with van der Waals surface area (Å²) in [4.78, 5) is 20.8. The molecule has 1 N–H and O–H groups in total. The highest BCUT2D eigenvalue weighted by Crippen LogP contribution is 2.27. The smallest absolute Gasteiger partial charge is 0.350 e. The molecule has 1 heterocycles. The van der Waals surface area contributed by atoms with Crippen molar-refractivity contribution in [2.75, 3.05) is 0 Å². The second-order valence-corrected chi connectivity index (χ2v) is 4.17. The Labute approximate surface area is 103 Å². The fourth-order valence-electron chi connectivity index (χ4n) is 1.37. The lowest BCUT2D eigenvalue weighted by atomic mass is 10.2. The SMILES string of the molecule is CC(C)Oc1nn([C@@H](C)CC(=O)O)cc1[N+](=O)[O-]. The van der Waals surface area contributed by atoms with Crippen LogP contribution in [0, 0.1) is 10.1 Å². The van der Waals surface area contributed by atoms with E-state index in [4.69, 9.17) is 9.84 Å². The van der Waals surface area contributed by atoms with Gasteiger partial charge in [-0.1, -0.05) is 0 Å². The summed E-state index contributed by atoms with van der Waals surface area (Å²) >= 11 is 0. The molecule has 1 aromatic heterocycles. The first-order valence-corrected chi connectivity index (χ1v) is 5.43. The van der Waals surface area contributed by atoms with E-state index in [1.54, 1.807) is 20.8 Å². The molecule has 1 aromatic rings. The Morgan fingerprint density at radius 3 is 2.67 bits per heavy atom. The van der Waals surface area contributed by atoms with Crippen LogP contribution in [0.15, 0.2) is 6.20 Å². The Hall–Kier alpha value is -2.12. The summed E-state index contributed by atoms with van der Waals surface area (Å²) in [6.45, 7) is 5.07. The Balaban J connectivity index is 3.01. The lowest BCUT2D eigenvalue weighted by Crippen LogP contribution is -2.12. The summed E-state index contributed by atoms with van der Waals surface area (Å²) < 4.78 is 6.46. The van der Waals surface area contributed by atoms with Gasteiger partial charge in [0.15, 0.2) is 0 Å². The van der Waals surface area contributed by atoms with Crippen molar-refractivity contribution in [3.8, 4) is 5.88 Å². The van der Waals surface area contributed by atoms with Gasteiger partial charge in [0.2, 0.25) is 0 Å². The molecule has 1 atom stereocenters. The number of hydrogen-bond acceptors (Lipinski definition) is 5. The van der Waals surface area contributed by atoms with Crippen LogP contribution in [0.3, 0.4) is 0 Å². The zero-order valence-electron chi connectivity index (χ0n) is 10.4. The van der Waals surface area contributed by atoms with Gasteiger partial charge in [-0.25, -0.2) is 0 Å². The average Bonchev–Trinajstić information content (AvgIpc) is 2.59. The molecule has 0 bridgehead atoms. The number of carboxylic acids is 1. The van der Waals surface area contributed by atoms with E-state index >= 15 is 0 Å². The van der Waals surface area contributed by atoms with Gasteiger partial charge < -0.3 is 9.84 Å². The van der Waals surface area contributed by atoms with E-state index < -0.39 is 16.9 Å². The number of nitro groups is 1. The Morgan fingerprint density at radius 2 is 2.22 bits per heavy atom. The molecule has 0 aliphatic heterocycles. The molecular weight excluding hydrogens is 242 g/mol. The van der Waals surface area contributed by atoms with Crippen LogP contribution < -0.4 is 4.74 Å². The minimum atomic E-state index is -0.994. The third-order valence-electron chi connectivity index (χ3n) is 2.15. The van der Waals surface area contributed by atoms with Gasteiger partial charge in [0.05, 0.1) is 23.5 Å². The molecule has 0 saturated carbocycles. The van der Waals surface area contributed by atoms with Gasteiger partial charge in [0.25, 0.3) is 0 Å². The molecule has 0 radical (unpaired) electrons. The minimum absolute atomic E-state index is 0.0905. The van der Waals surface area contributed by atoms with E-state index in [9.17, 15) is 14.9 Å². The minimum Gasteiger partial charge on any atom is -0.481 e. The fourth-order valence-corrected chi connectivity index (χ4v) is 1.37. The van der Waals surface area contributed by atoms with Gasteiger partial charge >= 0.3 is 17.5 Å². The second kappa shape index (κ2) is 5.48. The van der Waals surface area contributed by atoms with E-state index in [0.29, 0.717) is 0 Å². The van der Waals surface area contributed by atoms with E-state index in [1.165, 1.54) is 10.9 Å². The van der Waals surface area contributed by atoms with E-state index in [-0.39, 0.29) is 24.1 Å². The van der Waals surface area contributed by atoms with Gasteiger partial charge in [0, 0.05) is 0 Å². The van der Waals surface area contributed by atoms with Gasteiger partial charge in [-0.05, 0) is 20.8 Å². The summed E-state index contributed by atoms with van der Waals surface area (Å²) in [5, 5.41) is 23.4. The molecule has 0 spiro atoms. The topological polar surface area (TPSA) is 107 Å². The highest BCUT2D eigenvalue weighted by molar-refractivity contribution is 5.67. The molecular formula is C10H15N3O5. The average molecular weight is 257 g/mol. The van der Waals surface area contributed by atoms with Gasteiger partial charge in [-0.15, -0.1) is 5.10 Å². The van der Waals surface area contributed by atoms with E-state index in [1.807, 2.05) is 0 Å². The summed E-state index contributed by atoms with van der Waals surface area (Å²) in [5.74, 6) is -1.08. The van der Waals surface area contributed by atoms with Crippen LogP contribution in [-0.2, 0) is 4.79 Å². The van der Waals surface area contributed by atoms with E-state index in [0.717, 1.165) is 0 Å². The Kier molecular flexibility index (Phi) is 4.24. The molecule has 18 heavy (non-hydrogen) atoms. The quantitative estimate of drug-likeness (QED) is 0.612. The zero-order chi connectivity index (χ0) is 13.9. The molecule has 100 valence electrons. The van der Waals surface area contributed by atoms with Crippen molar-refractivity contribution in [1.29, 1.82) is 0 Å². The van der Waals surface area contributed by atoms with Crippen LogP contribution in [0.4, 0.5) is 5.69 Å². The maximum absolute atomic E-state index is 10.8. The molecule has 0 saturated heterocycles. The maximum Gasteiger partial charge on any atom is 0.350 e.